The van der Waals surface area contributed by atoms with Gasteiger partial charge in [0.05, 0.1) is 13.2 Å². The number of nitrogens with one attached hydrogen (secondary N) is 1. The van der Waals surface area contributed by atoms with Gasteiger partial charge in [0.1, 0.15) is 17.5 Å². The summed E-state index contributed by atoms with van der Waals surface area (Å²) in [6.07, 6.45) is 2.77. The SMILES string of the molecule is CCOC(=O)CCc1ccccc1O[P@](N[C@@H](C)C(=O)OCC)OC.CSc1ccc(O)cc1. The number of hydrogen-bond acceptors (Lipinski definition) is 9. The maximum absolute atomic E-state index is 11.7. The Labute approximate surface area is 207 Å². The molecule has 0 aliphatic carbocycles. The summed E-state index contributed by atoms with van der Waals surface area (Å²) in [5.74, 6) is 0.308. The third-order valence-electron chi connectivity index (χ3n) is 4.24. The van der Waals surface area contributed by atoms with Crippen molar-refractivity contribution < 1.29 is 33.2 Å². The predicted octanol–water partition coefficient (Wildman–Crippen LogP) is 5.09. The van der Waals surface area contributed by atoms with Crippen LogP contribution in [0.4, 0.5) is 0 Å². The average molecular weight is 512 g/mol. The number of benzene rings is 2. The molecule has 0 bridgehead atoms. The van der Waals surface area contributed by atoms with Gasteiger partial charge in [-0.15, -0.1) is 11.8 Å². The molecule has 0 amide bonds. The molecule has 2 rings (SSSR count). The number of carbonyl (C=O) groups is 2. The summed E-state index contributed by atoms with van der Waals surface area (Å²) < 4.78 is 21.1. The van der Waals surface area contributed by atoms with E-state index in [0.29, 0.717) is 31.1 Å². The Kier molecular flexibility index (Phi) is 15.0. The van der Waals surface area contributed by atoms with Gasteiger partial charge in [-0.05, 0) is 69.3 Å². The van der Waals surface area contributed by atoms with Gasteiger partial charge in [-0.25, -0.2) is 5.09 Å². The van der Waals surface area contributed by atoms with E-state index >= 15 is 0 Å². The van der Waals surface area contributed by atoms with Gasteiger partial charge in [0.15, 0.2) is 0 Å². The van der Waals surface area contributed by atoms with Crippen molar-refractivity contribution in [2.24, 2.45) is 0 Å². The third kappa shape index (κ3) is 11.7. The summed E-state index contributed by atoms with van der Waals surface area (Å²) in [4.78, 5) is 24.4. The lowest BCUT2D eigenvalue weighted by atomic mass is 10.1. The Morgan fingerprint density at radius 3 is 2.29 bits per heavy atom. The first kappa shape index (κ1) is 29.7. The zero-order valence-corrected chi connectivity index (χ0v) is 22.0. The van der Waals surface area contributed by atoms with E-state index < -0.39 is 14.6 Å². The number of carbonyl (C=O) groups excluding carboxylic acids is 2. The fourth-order valence-electron chi connectivity index (χ4n) is 2.54. The Balaban J connectivity index is 0.000000533. The van der Waals surface area contributed by atoms with Crippen molar-refractivity contribution in [3.05, 3.63) is 54.1 Å². The second kappa shape index (κ2) is 17.2. The van der Waals surface area contributed by atoms with Crippen LogP contribution in [-0.4, -0.2) is 49.7 Å². The number of aryl methyl sites for hydroxylation is 1. The Morgan fingerprint density at radius 2 is 1.71 bits per heavy atom. The molecule has 2 aromatic rings. The number of ether oxygens (including phenoxy) is 2. The lowest BCUT2D eigenvalue weighted by Gasteiger charge is -2.21. The highest BCUT2D eigenvalue weighted by molar-refractivity contribution is 7.98. The molecule has 34 heavy (non-hydrogen) atoms. The molecule has 2 atom stereocenters. The number of aromatic hydroxyl groups is 1. The van der Waals surface area contributed by atoms with Crippen molar-refractivity contribution in [2.45, 2.75) is 44.6 Å². The van der Waals surface area contributed by atoms with E-state index in [0.717, 1.165) is 5.56 Å². The van der Waals surface area contributed by atoms with E-state index in [9.17, 15) is 9.59 Å². The molecule has 0 unspecified atom stereocenters. The first-order chi connectivity index (χ1) is 16.3. The van der Waals surface area contributed by atoms with Crippen LogP contribution in [-0.2, 0) is 30.0 Å². The molecule has 2 N–H and O–H groups in total. The standard InChI is InChI=1S/C17H26NO6P.C7H8OS/c1-5-22-16(19)12-11-14-9-7-8-10-15(14)24-25(21-4)18-13(3)17(20)23-6-2;1-9-7-4-2-6(8)3-5-7/h7-10,13,18H,5-6,11-12H2,1-4H3;2-5,8H,1H3/t13-,25+;/m0./s1. The van der Waals surface area contributed by atoms with Crippen LogP contribution in [0.15, 0.2) is 53.4 Å². The Bertz CT molecular complexity index is 867. The van der Waals surface area contributed by atoms with Crippen LogP contribution in [0.3, 0.4) is 0 Å². The first-order valence-electron chi connectivity index (χ1n) is 10.9. The van der Waals surface area contributed by atoms with Crippen LogP contribution in [0.5, 0.6) is 11.5 Å². The van der Waals surface area contributed by atoms with Crippen molar-refractivity contribution >= 4 is 32.2 Å². The molecule has 0 saturated carbocycles. The van der Waals surface area contributed by atoms with Crippen molar-refractivity contribution in [2.75, 3.05) is 26.6 Å². The third-order valence-corrected chi connectivity index (χ3v) is 6.27. The van der Waals surface area contributed by atoms with Crippen molar-refractivity contribution in [3.63, 3.8) is 0 Å². The zero-order chi connectivity index (χ0) is 25.3. The highest BCUT2D eigenvalue weighted by Crippen LogP contribution is 2.37. The second-order valence-electron chi connectivity index (χ2n) is 6.74. The second-order valence-corrected chi connectivity index (χ2v) is 8.94. The number of esters is 2. The maximum atomic E-state index is 11.7. The minimum atomic E-state index is -1.53. The van der Waals surface area contributed by atoms with Gasteiger partial charge in [0, 0.05) is 18.4 Å². The molecule has 0 saturated heterocycles. The minimum absolute atomic E-state index is 0.250. The minimum Gasteiger partial charge on any atom is -0.508 e. The molecule has 0 heterocycles. The van der Waals surface area contributed by atoms with Crippen LogP contribution < -0.4 is 9.61 Å². The number of phenolic OH excluding ortho intramolecular Hbond substituents is 1. The van der Waals surface area contributed by atoms with Gasteiger partial charge >= 0.3 is 20.5 Å². The molecule has 0 aromatic heterocycles. The molecular weight excluding hydrogens is 477 g/mol. The smallest absolute Gasteiger partial charge is 0.323 e. The Hall–Kier alpha value is -2.32. The van der Waals surface area contributed by atoms with E-state index in [4.69, 9.17) is 23.6 Å². The van der Waals surface area contributed by atoms with Crippen LogP contribution in [0.1, 0.15) is 32.8 Å². The van der Waals surface area contributed by atoms with Crippen molar-refractivity contribution in [1.29, 1.82) is 0 Å². The lowest BCUT2D eigenvalue weighted by Crippen LogP contribution is -2.33. The highest BCUT2D eigenvalue weighted by Gasteiger charge is 2.22. The maximum Gasteiger partial charge on any atom is 0.323 e. The number of phenols is 1. The number of para-hydroxylation sites is 1. The number of rotatable bonds is 12. The monoisotopic (exact) mass is 511 g/mol. The molecular formula is C24H34NO7PS. The molecule has 0 aliphatic heterocycles. The summed E-state index contributed by atoms with van der Waals surface area (Å²) >= 11 is 1.67. The molecule has 10 heteroatoms. The molecule has 2 aromatic carbocycles. The summed E-state index contributed by atoms with van der Waals surface area (Å²) in [6.45, 7) is 5.88. The number of hydrogen-bond donors (Lipinski definition) is 2. The van der Waals surface area contributed by atoms with Crippen molar-refractivity contribution in [3.8, 4) is 11.5 Å². The molecule has 188 valence electrons. The van der Waals surface area contributed by atoms with Gasteiger partial charge in [-0.2, -0.15) is 0 Å². The largest absolute Gasteiger partial charge is 0.508 e. The molecule has 8 nitrogen and oxygen atoms in total. The highest BCUT2D eigenvalue weighted by atomic mass is 32.2. The zero-order valence-electron chi connectivity index (χ0n) is 20.3. The fourth-order valence-corrected chi connectivity index (χ4v) is 3.95. The quantitative estimate of drug-likeness (QED) is 0.229. The molecule has 0 radical (unpaired) electrons. The fraction of sp³-hybridized carbons (Fsp3) is 0.417. The summed E-state index contributed by atoms with van der Waals surface area (Å²) in [6, 6.07) is 14.0. The van der Waals surface area contributed by atoms with Crippen LogP contribution >= 0.6 is 20.3 Å². The van der Waals surface area contributed by atoms with Crippen LogP contribution in [0, 0.1) is 0 Å². The van der Waals surface area contributed by atoms with Gasteiger partial charge in [0.25, 0.3) is 0 Å². The van der Waals surface area contributed by atoms with Crippen LogP contribution in [0.2, 0.25) is 0 Å². The normalized spacial score (nSPS) is 12.0. The van der Waals surface area contributed by atoms with E-state index in [1.165, 1.54) is 12.0 Å². The van der Waals surface area contributed by atoms with Crippen LogP contribution in [0.25, 0.3) is 0 Å². The van der Waals surface area contributed by atoms with Gasteiger partial charge < -0.3 is 23.6 Å². The Morgan fingerprint density at radius 1 is 1.06 bits per heavy atom. The summed E-state index contributed by atoms with van der Waals surface area (Å²) in [5.41, 5.74) is 0.866. The van der Waals surface area contributed by atoms with Crippen molar-refractivity contribution in [1.82, 2.24) is 5.09 Å². The number of thioether (sulfide) groups is 1. The average Bonchev–Trinajstić information content (AvgIpc) is 2.84. The lowest BCUT2D eigenvalue weighted by molar-refractivity contribution is -0.145. The van der Waals surface area contributed by atoms with E-state index in [1.807, 2.05) is 36.6 Å². The molecule has 0 aliphatic rings. The van der Waals surface area contributed by atoms with E-state index in [2.05, 4.69) is 5.09 Å². The predicted molar refractivity (Wildman–Crippen MR) is 135 cm³/mol. The molecule has 0 fully saturated rings. The van der Waals surface area contributed by atoms with Gasteiger partial charge in [0.2, 0.25) is 0 Å². The van der Waals surface area contributed by atoms with Gasteiger partial charge in [-0.1, -0.05) is 18.2 Å². The van der Waals surface area contributed by atoms with E-state index in [-0.39, 0.29) is 18.4 Å². The molecule has 0 spiro atoms. The summed E-state index contributed by atoms with van der Waals surface area (Å²) in [5, 5.41) is 11.8. The van der Waals surface area contributed by atoms with E-state index in [1.54, 1.807) is 50.7 Å². The topological polar surface area (TPSA) is 103 Å². The summed E-state index contributed by atoms with van der Waals surface area (Å²) in [7, 11) is -0.0355. The first-order valence-corrected chi connectivity index (χ1v) is 13.3. The van der Waals surface area contributed by atoms with Gasteiger partial charge in [-0.3, -0.25) is 9.59 Å².